The zero-order valence-electron chi connectivity index (χ0n) is 14.3. The Kier molecular flexibility index (Phi) is 4.37. The maximum absolute atomic E-state index is 13.1. The molecule has 1 aliphatic rings. The summed E-state index contributed by atoms with van der Waals surface area (Å²) in [5, 5.41) is 10.8. The highest BCUT2D eigenvalue weighted by atomic mass is 35.5. The van der Waals surface area contributed by atoms with Crippen molar-refractivity contribution in [2.24, 2.45) is 0 Å². The van der Waals surface area contributed by atoms with E-state index in [-0.39, 0.29) is 11.7 Å². The number of hydrogen-bond donors (Lipinski definition) is 2. The number of aromatic nitrogens is 3. The summed E-state index contributed by atoms with van der Waals surface area (Å²) in [5.74, 6) is -0.132. The molecule has 136 valence electrons. The van der Waals surface area contributed by atoms with E-state index in [1.165, 1.54) is 30.6 Å². The van der Waals surface area contributed by atoms with Crippen LogP contribution in [0.4, 0.5) is 16.0 Å². The Hall–Kier alpha value is -3.19. The van der Waals surface area contributed by atoms with Gasteiger partial charge < -0.3 is 10.6 Å². The molecule has 6 nitrogen and oxygen atoms in total. The number of nitrogens with zero attached hydrogens (tertiary/aromatic N) is 3. The van der Waals surface area contributed by atoms with E-state index in [0.29, 0.717) is 27.9 Å². The highest BCUT2D eigenvalue weighted by Gasteiger charge is 2.33. The van der Waals surface area contributed by atoms with Crippen molar-refractivity contribution in [2.75, 3.05) is 10.6 Å². The number of fused-ring (bicyclic) bond motifs is 1. The highest BCUT2D eigenvalue weighted by molar-refractivity contribution is 6.30. The summed E-state index contributed by atoms with van der Waals surface area (Å²) < 4.78 is 14.8. The summed E-state index contributed by atoms with van der Waals surface area (Å²) in [6.07, 6.45) is 1.43. The van der Waals surface area contributed by atoms with Gasteiger partial charge in [-0.3, -0.25) is 4.79 Å². The Balaban J connectivity index is 1.74. The first kappa shape index (κ1) is 17.2. The van der Waals surface area contributed by atoms with E-state index in [9.17, 15) is 9.18 Å². The van der Waals surface area contributed by atoms with Gasteiger partial charge in [-0.2, -0.15) is 10.1 Å². The molecule has 2 aromatic carbocycles. The molecule has 2 heterocycles. The third-order valence-electron chi connectivity index (χ3n) is 4.33. The van der Waals surface area contributed by atoms with Gasteiger partial charge in [0.05, 0.1) is 5.57 Å². The molecule has 2 N–H and O–H groups in total. The fourth-order valence-electron chi connectivity index (χ4n) is 3.07. The monoisotopic (exact) mass is 383 g/mol. The molecule has 1 aromatic heterocycles. The number of allylic oxidation sites excluding steroid dienone is 1. The molecule has 0 aliphatic carbocycles. The Morgan fingerprint density at radius 3 is 2.59 bits per heavy atom. The first-order valence-corrected chi connectivity index (χ1v) is 8.60. The van der Waals surface area contributed by atoms with Crippen molar-refractivity contribution in [3.05, 3.63) is 82.5 Å². The fourth-order valence-corrected chi connectivity index (χ4v) is 3.20. The van der Waals surface area contributed by atoms with Crippen LogP contribution in [0.15, 0.2) is 66.1 Å². The SMILES string of the molecule is CC1=C(C(=O)Nc2ccc(F)cc2)[C@H](c2ccc(Cl)cc2)n2ncnc2N1. The Morgan fingerprint density at radius 1 is 1.19 bits per heavy atom. The summed E-state index contributed by atoms with van der Waals surface area (Å²) in [6.45, 7) is 1.81. The maximum atomic E-state index is 13.1. The average molecular weight is 384 g/mol. The molecule has 3 aromatic rings. The van der Waals surface area contributed by atoms with Crippen LogP contribution in [0.3, 0.4) is 0 Å². The van der Waals surface area contributed by atoms with E-state index in [0.717, 1.165) is 5.56 Å². The molecule has 0 unspecified atom stereocenters. The second-order valence-corrected chi connectivity index (χ2v) is 6.54. The summed E-state index contributed by atoms with van der Waals surface area (Å²) in [5.41, 5.74) is 2.49. The van der Waals surface area contributed by atoms with E-state index in [2.05, 4.69) is 20.7 Å². The van der Waals surface area contributed by atoms with Gasteiger partial charge in [-0.15, -0.1) is 0 Å². The smallest absolute Gasteiger partial charge is 0.255 e. The lowest BCUT2D eigenvalue weighted by atomic mass is 9.95. The summed E-state index contributed by atoms with van der Waals surface area (Å²) in [6, 6.07) is 12.4. The average Bonchev–Trinajstić information content (AvgIpc) is 3.11. The molecular weight excluding hydrogens is 369 g/mol. The van der Waals surface area contributed by atoms with Crippen LogP contribution in [-0.4, -0.2) is 20.7 Å². The topological polar surface area (TPSA) is 71.8 Å². The van der Waals surface area contributed by atoms with Crippen LogP contribution >= 0.6 is 11.6 Å². The molecule has 27 heavy (non-hydrogen) atoms. The molecule has 0 saturated heterocycles. The molecule has 1 atom stereocenters. The quantitative estimate of drug-likeness (QED) is 0.717. The summed E-state index contributed by atoms with van der Waals surface area (Å²) in [4.78, 5) is 17.2. The van der Waals surface area contributed by atoms with Crippen LogP contribution in [0, 0.1) is 5.82 Å². The first-order valence-electron chi connectivity index (χ1n) is 8.22. The zero-order chi connectivity index (χ0) is 19.0. The molecule has 8 heteroatoms. The normalized spacial score (nSPS) is 15.9. The van der Waals surface area contributed by atoms with Crippen molar-refractivity contribution < 1.29 is 9.18 Å². The molecule has 0 spiro atoms. The van der Waals surface area contributed by atoms with E-state index in [1.54, 1.807) is 23.7 Å². The minimum atomic E-state index is -0.471. The molecule has 0 saturated carbocycles. The molecule has 0 bridgehead atoms. The number of anilines is 2. The van der Waals surface area contributed by atoms with Crippen LogP contribution in [0.5, 0.6) is 0 Å². The van der Waals surface area contributed by atoms with E-state index < -0.39 is 6.04 Å². The van der Waals surface area contributed by atoms with Gasteiger partial charge in [-0.1, -0.05) is 23.7 Å². The lowest BCUT2D eigenvalue weighted by Crippen LogP contribution is -2.31. The predicted octanol–water partition coefficient (Wildman–Crippen LogP) is 4.00. The Labute approximate surface area is 159 Å². The second kappa shape index (κ2) is 6.85. The lowest BCUT2D eigenvalue weighted by molar-refractivity contribution is -0.113. The van der Waals surface area contributed by atoms with Crippen molar-refractivity contribution >= 4 is 29.1 Å². The van der Waals surface area contributed by atoms with Gasteiger partial charge in [0.1, 0.15) is 18.2 Å². The third-order valence-corrected chi connectivity index (χ3v) is 4.58. The molecule has 1 amide bonds. The number of halogens is 2. The number of nitrogens with one attached hydrogen (secondary N) is 2. The highest BCUT2D eigenvalue weighted by Crippen LogP contribution is 2.35. The van der Waals surface area contributed by atoms with Crippen LogP contribution in [0.25, 0.3) is 0 Å². The minimum Gasteiger partial charge on any atom is -0.328 e. The molecule has 1 aliphatic heterocycles. The van der Waals surface area contributed by atoms with Crippen molar-refractivity contribution in [2.45, 2.75) is 13.0 Å². The molecule has 0 radical (unpaired) electrons. The zero-order valence-corrected chi connectivity index (χ0v) is 15.0. The molecule has 0 fully saturated rings. The number of carbonyl (C=O) groups excluding carboxylic acids is 1. The van der Waals surface area contributed by atoms with E-state index in [1.807, 2.05) is 12.1 Å². The van der Waals surface area contributed by atoms with Gasteiger partial charge in [0, 0.05) is 16.4 Å². The van der Waals surface area contributed by atoms with Gasteiger partial charge >= 0.3 is 0 Å². The van der Waals surface area contributed by atoms with Crippen LogP contribution < -0.4 is 10.6 Å². The largest absolute Gasteiger partial charge is 0.328 e. The number of benzene rings is 2. The summed E-state index contributed by atoms with van der Waals surface area (Å²) in [7, 11) is 0. The minimum absolute atomic E-state index is 0.312. The van der Waals surface area contributed by atoms with Crippen LogP contribution in [-0.2, 0) is 4.79 Å². The van der Waals surface area contributed by atoms with E-state index >= 15 is 0 Å². The van der Waals surface area contributed by atoms with Crippen LogP contribution in [0.1, 0.15) is 18.5 Å². The van der Waals surface area contributed by atoms with Gasteiger partial charge in [0.2, 0.25) is 5.95 Å². The molecular formula is C19H15ClFN5O. The van der Waals surface area contributed by atoms with Gasteiger partial charge in [0.25, 0.3) is 5.91 Å². The Morgan fingerprint density at radius 2 is 1.89 bits per heavy atom. The van der Waals surface area contributed by atoms with Crippen molar-refractivity contribution in [3.63, 3.8) is 0 Å². The van der Waals surface area contributed by atoms with E-state index in [4.69, 9.17) is 11.6 Å². The van der Waals surface area contributed by atoms with Gasteiger partial charge in [0.15, 0.2) is 0 Å². The summed E-state index contributed by atoms with van der Waals surface area (Å²) >= 11 is 6.01. The number of amides is 1. The first-order chi connectivity index (χ1) is 13.0. The maximum Gasteiger partial charge on any atom is 0.255 e. The number of carbonyl (C=O) groups is 1. The lowest BCUT2D eigenvalue weighted by Gasteiger charge is -2.28. The third kappa shape index (κ3) is 3.29. The second-order valence-electron chi connectivity index (χ2n) is 6.11. The van der Waals surface area contributed by atoms with Crippen molar-refractivity contribution in [1.82, 2.24) is 14.8 Å². The number of rotatable bonds is 3. The predicted molar refractivity (Wildman–Crippen MR) is 101 cm³/mol. The number of hydrogen-bond acceptors (Lipinski definition) is 4. The van der Waals surface area contributed by atoms with Crippen LogP contribution in [0.2, 0.25) is 5.02 Å². The standard InChI is InChI=1S/C19H15ClFN5O/c1-11-16(18(27)25-15-8-6-14(21)7-9-15)17(12-2-4-13(20)5-3-12)26-19(24-11)22-10-23-26/h2-10,17H,1H3,(H,25,27)(H,22,23,24)/t17-/m0/s1. The van der Waals surface area contributed by atoms with Crippen molar-refractivity contribution in [1.29, 1.82) is 0 Å². The van der Waals surface area contributed by atoms with Crippen molar-refractivity contribution in [3.8, 4) is 0 Å². The molecule has 4 rings (SSSR count). The fraction of sp³-hybridized carbons (Fsp3) is 0.105. The van der Waals surface area contributed by atoms with Gasteiger partial charge in [-0.05, 0) is 48.9 Å². The van der Waals surface area contributed by atoms with Gasteiger partial charge in [-0.25, -0.2) is 9.07 Å². The Bertz CT molecular complexity index is 1030.